The number of aromatic nitrogens is 12. The number of nitrogens with one attached hydrogen (secondary N) is 8. The molecule has 0 spiro atoms. The third-order valence-corrected chi connectivity index (χ3v) is 15.7. The van der Waals surface area contributed by atoms with Gasteiger partial charge in [-0.25, -0.2) is 34.9 Å². The van der Waals surface area contributed by atoms with Gasteiger partial charge in [-0.1, -0.05) is 25.8 Å². The zero-order valence-electron chi connectivity index (χ0n) is 47.6. The Morgan fingerprint density at radius 3 is 1.46 bits per heavy atom. The molecular weight excluding hydrogens is 1090 g/mol. The van der Waals surface area contributed by atoms with Gasteiger partial charge in [0.15, 0.2) is 17.4 Å². The Morgan fingerprint density at radius 1 is 0.590 bits per heavy atom. The zero-order chi connectivity index (χ0) is 56.7. The van der Waals surface area contributed by atoms with Crippen molar-refractivity contribution in [2.75, 3.05) is 61.8 Å². The summed E-state index contributed by atoms with van der Waals surface area (Å²) in [6.45, 7) is 5.01. The average Bonchev–Trinajstić information content (AvgIpc) is 4.42. The number of aliphatic hydroxyl groups is 2. The number of piperidine rings is 1. The van der Waals surface area contributed by atoms with E-state index in [4.69, 9.17) is 21.1 Å². The van der Waals surface area contributed by atoms with Gasteiger partial charge in [-0.15, -0.1) is 0 Å². The van der Waals surface area contributed by atoms with Crippen LogP contribution in [0, 0.1) is 23.7 Å². The maximum absolute atomic E-state index is 11.9. The van der Waals surface area contributed by atoms with Gasteiger partial charge in [0.2, 0.25) is 11.2 Å². The Kier molecular flexibility index (Phi) is 23.9. The van der Waals surface area contributed by atoms with Crippen LogP contribution in [0.15, 0.2) is 80.7 Å². The molecule has 83 heavy (non-hydrogen) atoms. The number of carbonyl (C=O) groups is 3. The van der Waals surface area contributed by atoms with E-state index in [1.54, 1.807) is 23.8 Å². The molecular formula is C56H76AlClLiN17O7. The van der Waals surface area contributed by atoms with Gasteiger partial charge in [0.25, 0.3) is 0 Å². The summed E-state index contributed by atoms with van der Waals surface area (Å²) in [6, 6.07) is 8.65. The molecule has 27 heteroatoms. The van der Waals surface area contributed by atoms with Crippen molar-refractivity contribution in [3.05, 3.63) is 86.0 Å². The number of nitrogens with zero attached hydrogens (tertiary/aromatic N) is 9. The Hall–Kier alpha value is -6.83. The monoisotopic (exact) mass is 1170 g/mol. The van der Waals surface area contributed by atoms with Gasteiger partial charge >= 0.3 is 30.8 Å². The van der Waals surface area contributed by atoms with Gasteiger partial charge in [-0.05, 0) is 112 Å². The summed E-state index contributed by atoms with van der Waals surface area (Å²) < 4.78 is 9.70. The van der Waals surface area contributed by atoms with Gasteiger partial charge in [0, 0.05) is 81.2 Å². The smallest absolute Gasteiger partial charge is 1.00 e. The van der Waals surface area contributed by atoms with Crippen LogP contribution in [0.3, 0.4) is 0 Å². The number of hydrogen-bond acceptors (Lipinski definition) is 19. The second-order valence-electron chi connectivity index (χ2n) is 21.1. The molecule has 8 unspecified atom stereocenters. The number of methoxy groups -OCH3 is 2. The number of carbonyl (C=O) groups excluding carboxylic acids is 3. The SMILES string of the molecule is C=CC(=O)N1CC(CO)CC(Nc2ncnc3[nH]ccc23)C1.COC(=O)C1CCCC(Nc2nc(Cl)nc3[nH]ccc23)C1.COC(=O)C1CCCC(Nc2ncnc3[nH]ccc23)C1.OCC1CCCC(Nc2ncnc3[nH]ccc23)C1.[AlH3].[H-].[Li+]. The van der Waals surface area contributed by atoms with Gasteiger partial charge in [-0.2, -0.15) is 4.98 Å². The van der Waals surface area contributed by atoms with E-state index in [0.29, 0.717) is 43.1 Å². The first-order chi connectivity index (χ1) is 39.5. The molecule has 1 saturated heterocycles. The van der Waals surface area contributed by atoms with Crippen molar-refractivity contribution in [3.63, 3.8) is 0 Å². The summed E-state index contributed by atoms with van der Waals surface area (Å²) >= 11 is 5.94. The molecule has 4 aliphatic rings. The summed E-state index contributed by atoms with van der Waals surface area (Å²) in [5.41, 5.74) is 3.16. The summed E-state index contributed by atoms with van der Waals surface area (Å²) in [6.07, 6.45) is 25.9. The maximum Gasteiger partial charge on any atom is 1.00 e. The summed E-state index contributed by atoms with van der Waals surface area (Å²) in [5, 5.41) is 36.4. The minimum Gasteiger partial charge on any atom is -1.00 e. The molecule has 0 bridgehead atoms. The molecule has 4 fully saturated rings. The van der Waals surface area contributed by atoms with Gasteiger partial charge in [0.05, 0.1) is 47.6 Å². The Bertz CT molecular complexity index is 3370. The number of aliphatic hydroxyl groups excluding tert-OH is 2. The minimum atomic E-state index is -0.131. The van der Waals surface area contributed by atoms with Gasteiger partial charge in [-0.3, -0.25) is 14.4 Å². The molecule has 3 aliphatic carbocycles. The molecule has 0 radical (unpaired) electrons. The Balaban J connectivity index is 0.000000178. The number of amides is 1. The number of likely N-dealkylation sites (tertiary alicyclic amines) is 1. The maximum atomic E-state index is 11.9. The molecule has 8 atom stereocenters. The van der Waals surface area contributed by atoms with E-state index in [1.807, 2.05) is 42.9 Å². The fourth-order valence-corrected chi connectivity index (χ4v) is 11.7. The molecule has 438 valence electrons. The molecule has 3 saturated carbocycles. The molecule has 24 nitrogen and oxygen atoms in total. The summed E-state index contributed by atoms with van der Waals surface area (Å²) in [4.78, 5) is 83.0. The second kappa shape index (κ2) is 31.2. The van der Waals surface area contributed by atoms with Crippen LogP contribution in [-0.2, 0) is 23.9 Å². The fraction of sp³-hybridized carbons (Fsp3) is 0.482. The van der Waals surface area contributed by atoms with Crippen LogP contribution in [0.5, 0.6) is 0 Å². The number of fused-ring (bicyclic) bond motifs is 4. The molecule has 1 aliphatic heterocycles. The van der Waals surface area contributed by atoms with E-state index >= 15 is 0 Å². The predicted molar refractivity (Wildman–Crippen MR) is 320 cm³/mol. The fourth-order valence-electron chi connectivity index (χ4n) is 11.5. The molecule has 1 amide bonds. The number of esters is 2. The summed E-state index contributed by atoms with van der Waals surface area (Å²) in [7, 11) is 2.89. The third kappa shape index (κ3) is 16.7. The van der Waals surface area contributed by atoms with Crippen molar-refractivity contribution in [1.82, 2.24) is 64.7 Å². The average molecular weight is 1170 g/mol. The largest absolute Gasteiger partial charge is 1.00 e. The van der Waals surface area contributed by atoms with E-state index in [0.717, 1.165) is 133 Å². The topological polar surface area (TPSA) is 328 Å². The zero-order valence-corrected chi connectivity index (χ0v) is 47.4. The van der Waals surface area contributed by atoms with Crippen LogP contribution in [0.2, 0.25) is 5.28 Å². The number of H-pyrrole nitrogens is 4. The number of ether oxygens (including phenoxy) is 2. The van der Waals surface area contributed by atoms with Crippen LogP contribution in [-0.4, -0.2) is 175 Å². The molecule has 12 rings (SSSR count). The van der Waals surface area contributed by atoms with E-state index in [2.05, 4.69) is 87.7 Å². The van der Waals surface area contributed by atoms with E-state index in [1.165, 1.54) is 33.0 Å². The van der Waals surface area contributed by atoms with Gasteiger partial charge < -0.3 is 67.2 Å². The first-order valence-corrected chi connectivity index (χ1v) is 28.1. The quantitative estimate of drug-likeness (QED) is 0.0342. The van der Waals surface area contributed by atoms with Crippen LogP contribution < -0.4 is 40.1 Å². The van der Waals surface area contributed by atoms with Crippen LogP contribution in [0.25, 0.3) is 44.1 Å². The number of anilines is 4. The molecule has 8 aromatic rings. The number of halogens is 1. The van der Waals surface area contributed by atoms with Crippen molar-refractivity contribution in [3.8, 4) is 0 Å². The minimum absolute atomic E-state index is 0. The van der Waals surface area contributed by atoms with Gasteiger partial charge in [0.1, 0.15) is 64.8 Å². The normalized spacial score (nSPS) is 22.1. The van der Waals surface area contributed by atoms with Crippen LogP contribution in [0.1, 0.15) is 84.9 Å². The van der Waals surface area contributed by atoms with E-state index in [-0.39, 0.29) is 103 Å². The van der Waals surface area contributed by atoms with E-state index in [9.17, 15) is 24.6 Å². The standard InChI is InChI=1S/C15H19N5O2.C14H17ClN4O2.C14H18N4O2.C13H18N4O.Al.Li.4H/c1-2-13(22)20-6-10(8-21)5-11(7-20)19-15-12-3-4-16-14(12)17-9-18-15;1-21-13(20)8-3-2-4-9(7-8)17-12-10-5-6-16-11(10)18-14(15)19-12;1-20-14(19)9-3-2-4-10(7-9)18-13-11-5-6-15-12(11)16-8-17-13;18-7-9-2-1-3-10(6-9)17-13-11-4-5-14-12(11)15-8-16-13;;;;;;/h2-4,9-11,21H,1,5-8H2,(H2,16,17,18,19);5-6,8-9H,2-4,7H2,1H3,(H2,16,17,18,19);5-6,8-10H,2-4,7H2,1H3,(H2,15,16,17,18);4-5,8-10,18H,1-3,6-7H2,(H2,14,15,16,17);;;;;;/q;;;;;+1;;;;-1. The first kappa shape index (κ1) is 63.7. The Labute approximate surface area is 509 Å². The molecule has 10 N–H and O–H groups in total. The van der Waals surface area contributed by atoms with Crippen LogP contribution in [0.4, 0.5) is 23.3 Å². The first-order valence-electron chi connectivity index (χ1n) is 27.7. The predicted octanol–water partition coefficient (Wildman–Crippen LogP) is 3.48. The van der Waals surface area contributed by atoms with Crippen molar-refractivity contribution in [2.24, 2.45) is 23.7 Å². The van der Waals surface area contributed by atoms with E-state index < -0.39 is 0 Å². The Morgan fingerprint density at radius 2 is 1.00 bits per heavy atom. The number of aromatic amines is 4. The number of hydrogen-bond donors (Lipinski definition) is 10. The van der Waals surface area contributed by atoms with Crippen molar-refractivity contribution in [1.29, 1.82) is 0 Å². The molecule has 8 aromatic heterocycles. The van der Waals surface area contributed by atoms with Crippen molar-refractivity contribution in [2.45, 2.75) is 108 Å². The van der Waals surface area contributed by atoms with Crippen molar-refractivity contribution >= 4 is 114 Å². The number of rotatable bonds is 13. The molecule has 0 aromatic carbocycles. The second-order valence-corrected chi connectivity index (χ2v) is 21.4. The summed E-state index contributed by atoms with van der Waals surface area (Å²) in [5.74, 6) is 3.26. The molecule has 9 heterocycles. The van der Waals surface area contributed by atoms with Crippen LogP contribution >= 0.6 is 11.6 Å². The third-order valence-electron chi connectivity index (χ3n) is 15.6. The van der Waals surface area contributed by atoms with Crippen molar-refractivity contribution < 1.29 is 54.4 Å².